The number of hydrazone groups is 1. The zero-order chi connectivity index (χ0) is 30.1. The van der Waals surface area contributed by atoms with Gasteiger partial charge in [0.15, 0.2) is 6.61 Å². The van der Waals surface area contributed by atoms with E-state index in [0.717, 1.165) is 9.87 Å². The third-order valence-electron chi connectivity index (χ3n) is 6.11. The predicted molar refractivity (Wildman–Crippen MR) is 165 cm³/mol. The molecule has 0 radical (unpaired) electrons. The minimum absolute atomic E-state index is 0.0450. The fourth-order valence-corrected chi connectivity index (χ4v) is 5.51. The second kappa shape index (κ2) is 13.8. The standard InChI is InChI=1S/C31H29ClN4O5S/c1-22-11-17-27(18-12-22)42(39,40)36(29-10-6-9-28(32)23(29)2)20-30(37)35-33-19-24-13-15-26(16-14-24)41-21-31(38)34-25-7-4-3-5-8-25/h3-19H,20-21H2,1-2H3,(H,34,38)(H,35,37)/b33-19-. The summed E-state index contributed by atoms with van der Waals surface area (Å²) in [5, 5.41) is 7.08. The van der Waals surface area contributed by atoms with E-state index in [-0.39, 0.29) is 23.1 Å². The van der Waals surface area contributed by atoms with Crippen LogP contribution in [-0.4, -0.2) is 39.6 Å². The average Bonchev–Trinajstić information content (AvgIpc) is 2.98. The van der Waals surface area contributed by atoms with Crippen LogP contribution in [0.15, 0.2) is 107 Å². The second-order valence-electron chi connectivity index (χ2n) is 9.27. The molecule has 0 aliphatic heterocycles. The van der Waals surface area contributed by atoms with Crippen LogP contribution in [-0.2, 0) is 19.6 Å². The lowest BCUT2D eigenvalue weighted by molar-refractivity contribution is -0.119. The van der Waals surface area contributed by atoms with Crippen LogP contribution in [0.5, 0.6) is 5.75 Å². The number of rotatable bonds is 11. The van der Waals surface area contributed by atoms with Crippen molar-refractivity contribution in [2.24, 2.45) is 5.10 Å². The summed E-state index contributed by atoms with van der Waals surface area (Å²) >= 11 is 6.27. The van der Waals surface area contributed by atoms with Gasteiger partial charge in [-0.05, 0) is 85.6 Å². The lowest BCUT2D eigenvalue weighted by Crippen LogP contribution is -2.40. The fourth-order valence-electron chi connectivity index (χ4n) is 3.87. The molecule has 4 aromatic carbocycles. The van der Waals surface area contributed by atoms with Crippen LogP contribution in [0.4, 0.5) is 11.4 Å². The Balaban J connectivity index is 1.38. The molecule has 2 N–H and O–H groups in total. The van der Waals surface area contributed by atoms with Crippen molar-refractivity contribution in [3.63, 3.8) is 0 Å². The van der Waals surface area contributed by atoms with E-state index >= 15 is 0 Å². The number of hydrogen-bond acceptors (Lipinski definition) is 6. The Morgan fingerprint density at radius 2 is 1.57 bits per heavy atom. The number of nitrogens with zero attached hydrogens (tertiary/aromatic N) is 2. The maximum atomic E-state index is 13.6. The number of anilines is 2. The van der Waals surface area contributed by atoms with Crippen molar-refractivity contribution in [1.29, 1.82) is 0 Å². The van der Waals surface area contributed by atoms with Gasteiger partial charge in [0, 0.05) is 10.7 Å². The van der Waals surface area contributed by atoms with Gasteiger partial charge < -0.3 is 10.1 Å². The molecule has 0 atom stereocenters. The number of ether oxygens (including phenoxy) is 1. The topological polar surface area (TPSA) is 117 Å². The van der Waals surface area contributed by atoms with Crippen LogP contribution >= 0.6 is 11.6 Å². The number of amides is 2. The van der Waals surface area contributed by atoms with Gasteiger partial charge in [0.2, 0.25) is 0 Å². The molecule has 11 heteroatoms. The quantitative estimate of drug-likeness (QED) is 0.177. The molecule has 9 nitrogen and oxygen atoms in total. The zero-order valence-corrected chi connectivity index (χ0v) is 24.5. The summed E-state index contributed by atoms with van der Waals surface area (Å²) < 4.78 is 33.7. The van der Waals surface area contributed by atoms with Gasteiger partial charge in [0.05, 0.1) is 16.8 Å². The highest BCUT2D eigenvalue weighted by Crippen LogP contribution is 2.30. The highest BCUT2D eigenvalue weighted by atomic mass is 35.5. The Labute approximate surface area is 249 Å². The Kier molecular flexibility index (Phi) is 9.95. The van der Waals surface area contributed by atoms with E-state index in [2.05, 4.69) is 15.8 Å². The summed E-state index contributed by atoms with van der Waals surface area (Å²) in [6.45, 7) is 2.86. The molecule has 0 unspecified atom stereocenters. The Hall–Kier alpha value is -4.67. The van der Waals surface area contributed by atoms with Crippen molar-refractivity contribution in [3.05, 3.63) is 119 Å². The van der Waals surface area contributed by atoms with Gasteiger partial charge in [0.1, 0.15) is 12.3 Å². The van der Waals surface area contributed by atoms with Gasteiger partial charge in [-0.3, -0.25) is 13.9 Å². The zero-order valence-electron chi connectivity index (χ0n) is 23.0. The molecule has 0 spiro atoms. The maximum Gasteiger partial charge on any atom is 0.264 e. The average molecular weight is 605 g/mol. The molecule has 216 valence electrons. The summed E-state index contributed by atoms with van der Waals surface area (Å²) in [6.07, 6.45) is 1.41. The maximum absolute atomic E-state index is 13.6. The predicted octanol–water partition coefficient (Wildman–Crippen LogP) is 5.32. The van der Waals surface area contributed by atoms with E-state index < -0.39 is 22.5 Å². The van der Waals surface area contributed by atoms with Crippen LogP contribution in [0, 0.1) is 13.8 Å². The van der Waals surface area contributed by atoms with E-state index in [1.165, 1.54) is 18.3 Å². The first-order valence-corrected chi connectivity index (χ1v) is 14.7. The molecular weight excluding hydrogens is 576 g/mol. The Morgan fingerprint density at radius 3 is 2.26 bits per heavy atom. The molecule has 0 fully saturated rings. The van der Waals surface area contributed by atoms with Crippen molar-refractivity contribution in [3.8, 4) is 5.75 Å². The first kappa shape index (κ1) is 30.3. The molecule has 42 heavy (non-hydrogen) atoms. The fraction of sp³-hybridized carbons (Fsp3) is 0.129. The number of nitrogens with one attached hydrogen (secondary N) is 2. The molecule has 4 rings (SSSR count). The van der Waals surface area contributed by atoms with Crippen LogP contribution in [0.25, 0.3) is 0 Å². The molecule has 0 aliphatic carbocycles. The first-order chi connectivity index (χ1) is 20.1. The van der Waals surface area contributed by atoms with Gasteiger partial charge in [-0.2, -0.15) is 5.10 Å². The van der Waals surface area contributed by atoms with Crippen LogP contribution in [0.3, 0.4) is 0 Å². The van der Waals surface area contributed by atoms with E-state index in [1.807, 2.05) is 25.1 Å². The minimum atomic E-state index is -4.10. The summed E-state index contributed by atoms with van der Waals surface area (Å²) in [5.74, 6) is -0.458. The molecule has 0 aliphatic rings. The summed E-state index contributed by atoms with van der Waals surface area (Å²) in [7, 11) is -4.10. The lowest BCUT2D eigenvalue weighted by Gasteiger charge is -2.25. The molecule has 0 heterocycles. The molecule has 2 amide bonds. The number of hydrogen-bond donors (Lipinski definition) is 2. The van der Waals surface area contributed by atoms with E-state index in [0.29, 0.717) is 27.6 Å². The summed E-state index contributed by atoms with van der Waals surface area (Å²) in [4.78, 5) is 25.0. The minimum Gasteiger partial charge on any atom is -0.484 e. The molecule has 0 bridgehead atoms. The largest absolute Gasteiger partial charge is 0.484 e. The van der Waals surface area contributed by atoms with Crippen LogP contribution in [0.2, 0.25) is 5.02 Å². The smallest absolute Gasteiger partial charge is 0.264 e. The second-order valence-corrected chi connectivity index (χ2v) is 11.5. The summed E-state index contributed by atoms with van der Waals surface area (Å²) in [6, 6.07) is 27.0. The van der Waals surface area contributed by atoms with Gasteiger partial charge in [-0.25, -0.2) is 13.8 Å². The number of sulfonamides is 1. The van der Waals surface area contributed by atoms with Gasteiger partial charge in [-0.1, -0.05) is 53.6 Å². The Morgan fingerprint density at radius 1 is 0.881 bits per heavy atom. The molecule has 0 aromatic heterocycles. The van der Waals surface area contributed by atoms with Crippen molar-refractivity contribution in [1.82, 2.24) is 5.43 Å². The highest BCUT2D eigenvalue weighted by molar-refractivity contribution is 7.92. The van der Waals surface area contributed by atoms with Gasteiger partial charge in [0.25, 0.3) is 21.8 Å². The van der Waals surface area contributed by atoms with E-state index in [9.17, 15) is 18.0 Å². The van der Waals surface area contributed by atoms with Crippen molar-refractivity contribution in [2.75, 3.05) is 22.8 Å². The number of benzene rings is 4. The number of halogens is 1. The first-order valence-electron chi connectivity index (χ1n) is 12.9. The van der Waals surface area contributed by atoms with Crippen molar-refractivity contribution in [2.45, 2.75) is 18.7 Å². The number of carbonyl (C=O) groups is 2. The monoisotopic (exact) mass is 604 g/mol. The third kappa shape index (κ3) is 7.96. The van der Waals surface area contributed by atoms with E-state index in [1.54, 1.807) is 73.7 Å². The van der Waals surface area contributed by atoms with Crippen molar-refractivity contribution >= 4 is 51.0 Å². The van der Waals surface area contributed by atoms with E-state index in [4.69, 9.17) is 16.3 Å². The van der Waals surface area contributed by atoms with Crippen molar-refractivity contribution < 1.29 is 22.7 Å². The summed E-state index contributed by atoms with van der Waals surface area (Å²) in [5.41, 5.74) is 5.42. The number of para-hydroxylation sites is 1. The molecular formula is C31H29ClN4O5S. The SMILES string of the molecule is Cc1ccc(S(=O)(=O)N(CC(=O)N/N=C\c2ccc(OCC(=O)Nc3ccccc3)cc2)c2cccc(Cl)c2C)cc1. The number of carbonyl (C=O) groups excluding carboxylic acids is 2. The van der Waals surface area contributed by atoms with Crippen LogP contribution < -0.4 is 19.8 Å². The molecule has 0 saturated heterocycles. The molecule has 0 saturated carbocycles. The molecule has 4 aromatic rings. The highest BCUT2D eigenvalue weighted by Gasteiger charge is 2.28. The number of aryl methyl sites for hydroxylation is 1. The lowest BCUT2D eigenvalue weighted by atomic mass is 10.2. The van der Waals surface area contributed by atoms with Crippen LogP contribution in [0.1, 0.15) is 16.7 Å². The Bertz CT molecular complexity index is 1680. The van der Waals surface area contributed by atoms with Gasteiger partial charge in [-0.15, -0.1) is 0 Å². The normalized spacial score (nSPS) is 11.2. The third-order valence-corrected chi connectivity index (χ3v) is 8.30. The van der Waals surface area contributed by atoms with Gasteiger partial charge >= 0.3 is 0 Å².